The Labute approximate surface area is 216 Å². The molecule has 2 fully saturated rings. The van der Waals surface area contributed by atoms with E-state index in [1.165, 1.54) is 0 Å². The molecular weight excluding hydrogens is 468 g/mol. The fourth-order valence-corrected chi connectivity index (χ4v) is 5.53. The molecule has 2 amide bonds. The quantitative estimate of drug-likeness (QED) is 0.567. The van der Waals surface area contributed by atoms with Crippen LogP contribution in [-0.2, 0) is 23.0 Å². The largest absolute Gasteiger partial charge is 0.444 e. The van der Waals surface area contributed by atoms with Crippen molar-refractivity contribution in [2.24, 2.45) is 13.0 Å². The van der Waals surface area contributed by atoms with Crippen LogP contribution < -0.4 is 5.32 Å². The molecule has 1 N–H and O–H groups in total. The van der Waals surface area contributed by atoms with Gasteiger partial charge in [-0.25, -0.2) is 14.8 Å². The second kappa shape index (κ2) is 9.51. The Morgan fingerprint density at radius 3 is 2.65 bits per heavy atom. The summed E-state index contributed by atoms with van der Waals surface area (Å²) in [5.41, 5.74) is 3.91. The summed E-state index contributed by atoms with van der Waals surface area (Å²) in [4.78, 5) is 36.7. The Hall–Kier alpha value is -3.93. The average Bonchev–Trinajstić information content (AvgIpc) is 3.57. The molecule has 5 rings (SSSR count). The first-order chi connectivity index (χ1) is 17.6. The lowest BCUT2D eigenvalue weighted by Crippen LogP contribution is -2.55. The monoisotopic (exact) mass is 500 g/mol. The Morgan fingerprint density at radius 1 is 1.19 bits per heavy atom. The highest BCUT2D eigenvalue weighted by atomic mass is 16.6. The highest BCUT2D eigenvalue weighted by Gasteiger charge is 2.52. The molecule has 2 aromatic heterocycles. The van der Waals surface area contributed by atoms with Gasteiger partial charge in [-0.2, -0.15) is 5.26 Å². The number of rotatable bonds is 5. The van der Waals surface area contributed by atoms with Crippen LogP contribution in [-0.4, -0.2) is 55.2 Å². The minimum atomic E-state index is -0.704. The average molecular weight is 501 g/mol. The van der Waals surface area contributed by atoms with Crippen molar-refractivity contribution >= 4 is 23.2 Å². The Kier molecular flexibility index (Phi) is 6.36. The number of nitriles is 1. The number of aryl methyl sites for hydroxylation is 1. The van der Waals surface area contributed by atoms with Gasteiger partial charge >= 0.3 is 6.09 Å². The molecule has 1 saturated heterocycles. The predicted octanol–water partition coefficient (Wildman–Crippen LogP) is 3.97. The number of likely N-dealkylation sites (tertiary alicyclic amines) is 1. The number of ether oxygens (including phenoxy) is 1. The molecule has 192 valence electrons. The standard InChI is InChI=1S/C28H32N6O3/c1-28(2,3)37-27(36)34-22-10-9-19(12-22)24(34)26(35)32-21(14-29)11-17-5-7-18(8-6-17)20-13-23-25(30-15-20)33(4)16-31-23/h5-8,13,15-16,19,21-22,24H,9-12H2,1-4H3,(H,32,35)/t19-,21-,22+,24-/m0/s1. The Balaban J connectivity index is 1.25. The molecule has 1 aliphatic heterocycles. The van der Waals surface area contributed by atoms with Crippen molar-refractivity contribution in [2.75, 3.05) is 0 Å². The molecular formula is C28H32N6O3. The maximum absolute atomic E-state index is 13.3. The zero-order valence-corrected chi connectivity index (χ0v) is 21.6. The minimum absolute atomic E-state index is 0.0171. The number of nitrogens with zero attached hydrogens (tertiary/aromatic N) is 5. The number of piperidine rings is 1. The summed E-state index contributed by atoms with van der Waals surface area (Å²) < 4.78 is 7.46. The number of carbonyl (C=O) groups is 2. The third kappa shape index (κ3) is 5.01. The van der Waals surface area contributed by atoms with E-state index in [1.54, 1.807) is 11.2 Å². The van der Waals surface area contributed by atoms with E-state index in [-0.39, 0.29) is 17.9 Å². The van der Waals surface area contributed by atoms with Crippen molar-refractivity contribution in [3.8, 4) is 17.2 Å². The van der Waals surface area contributed by atoms with E-state index in [4.69, 9.17) is 4.74 Å². The van der Waals surface area contributed by atoms with E-state index >= 15 is 0 Å². The highest BCUT2D eigenvalue weighted by molar-refractivity contribution is 5.87. The molecule has 0 unspecified atom stereocenters. The number of aromatic nitrogens is 3. The maximum Gasteiger partial charge on any atom is 0.411 e. The first-order valence-electron chi connectivity index (χ1n) is 12.7. The first kappa shape index (κ1) is 24.8. The van der Waals surface area contributed by atoms with Gasteiger partial charge in [-0.3, -0.25) is 9.69 Å². The van der Waals surface area contributed by atoms with Crippen LogP contribution in [0.5, 0.6) is 0 Å². The second-order valence-corrected chi connectivity index (χ2v) is 11.1. The van der Waals surface area contributed by atoms with Gasteiger partial charge in [-0.15, -0.1) is 0 Å². The minimum Gasteiger partial charge on any atom is -0.444 e. The topological polar surface area (TPSA) is 113 Å². The number of pyridine rings is 1. The molecule has 0 spiro atoms. The third-order valence-corrected chi connectivity index (χ3v) is 7.21. The molecule has 9 heteroatoms. The van der Waals surface area contributed by atoms with Crippen molar-refractivity contribution in [2.45, 2.75) is 70.2 Å². The molecule has 0 radical (unpaired) electrons. The number of hydrogen-bond acceptors (Lipinski definition) is 6. The smallest absolute Gasteiger partial charge is 0.411 e. The zero-order chi connectivity index (χ0) is 26.3. The van der Waals surface area contributed by atoms with E-state index in [0.29, 0.717) is 6.42 Å². The predicted molar refractivity (Wildman–Crippen MR) is 138 cm³/mol. The lowest BCUT2D eigenvalue weighted by Gasteiger charge is -2.35. The summed E-state index contributed by atoms with van der Waals surface area (Å²) in [6, 6.07) is 10.8. The van der Waals surface area contributed by atoms with Crippen molar-refractivity contribution in [3.63, 3.8) is 0 Å². The van der Waals surface area contributed by atoms with Gasteiger partial charge in [0.1, 0.15) is 23.2 Å². The fraction of sp³-hybridized carbons (Fsp3) is 0.464. The zero-order valence-electron chi connectivity index (χ0n) is 21.6. The highest BCUT2D eigenvalue weighted by Crippen LogP contribution is 2.43. The summed E-state index contributed by atoms with van der Waals surface area (Å²) in [5, 5.41) is 12.7. The number of carbonyl (C=O) groups excluding carboxylic acids is 2. The van der Waals surface area contributed by atoms with Gasteiger partial charge in [0.25, 0.3) is 0 Å². The van der Waals surface area contributed by atoms with Crippen LogP contribution in [0.3, 0.4) is 0 Å². The van der Waals surface area contributed by atoms with Crippen LogP contribution in [0.15, 0.2) is 42.9 Å². The molecule has 37 heavy (non-hydrogen) atoms. The van der Waals surface area contributed by atoms with Crippen molar-refractivity contribution in [3.05, 3.63) is 48.4 Å². The van der Waals surface area contributed by atoms with Crippen LogP contribution in [0.1, 0.15) is 45.6 Å². The van der Waals surface area contributed by atoms with Gasteiger partial charge in [0.15, 0.2) is 5.65 Å². The molecule has 2 aliphatic rings. The molecule has 3 aromatic rings. The van der Waals surface area contributed by atoms with Gasteiger partial charge in [-0.1, -0.05) is 24.3 Å². The molecule has 1 saturated carbocycles. The number of benzene rings is 1. The maximum atomic E-state index is 13.3. The van der Waals surface area contributed by atoms with E-state index in [9.17, 15) is 14.9 Å². The first-order valence-corrected chi connectivity index (χ1v) is 12.7. The number of fused-ring (bicyclic) bond motifs is 3. The number of imidazole rings is 1. The number of hydrogen-bond donors (Lipinski definition) is 1. The van der Waals surface area contributed by atoms with Gasteiger partial charge in [0.05, 0.1) is 12.4 Å². The van der Waals surface area contributed by atoms with Gasteiger partial charge in [0, 0.05) is 31.3 Å². The molecule has 9 nitrogen and oxygen atoms in total. The van der Waals surface area contributed by atoms with E-state index < -0.39 is 23.8 Å². The van der Waals surface area contributed by atoms with E-state index in [0.717, 1.165) is 47.1 Å². The number of amides is 2. The van der Waals surface area contributed by atoms with Gasteiger partial charge in [0.2, 0.25) is 5.91 Å². The molecule has 4 atom stereocenters. The lowest BCUT2D eigenvalue weighted by atomic mass is 9.97. The molecule has 1 aliphatic carbocycles. The summed E-state index contributed by atoms with van der Waals surface area (Å²) in [7, 11) is 1.91. The second-order valence-electron chi connectivity index (χ2n) is 11.1. The van der Waals surface area contributed by atoms with Gasteiger partial charge in [-0.05, 0) is 63.1 Å². The van der Waals surface area contributed by atoms with Crippen LogP contribution in [0.25, 0.3) is 22.3 Å². The van der Waals surface area contributed by atoms with Crippen LogP contribution in [0.2, 0.25) is 0 Å². The van der Waals surface area contributed by atoms with Crippen molar-refractivity contribution in [1.82, 2.24) is 24.8 Å². The number of nitrogens with one attached hydrogen (secondary N) is 1. The van der Waals surface area contributed by atoms with Crippen molar-refractivity contribution < 1.29 is 14.3 Å². The van der Waals surface area contributed by atoms with E-state index in [2.05, 4.69) is 21.4 Å². The third-order valence-electron chi connectivity index (χ3n) is 7.21. The SMILES string of the molecule is Cn1cnc2cc(-c3ccc(C[C@@H](C#N)NC(=O)[C@@H]4[C@H]5CC[C@H](C5)N4C(=O)OC(C)(C)C)cc3)cnc21. The molecule has 3 heterocycles. The van der Waals surface area contributed by atoms with Crippen LogP contribution >= 0.6 is 0 Å². The van der Waals surface area contributed by atoms with Crippen LogP contribution in [0, 0.1) is 17.2 Å². The summed E-state index contributed by atoms with van der Waals surface area (Å²) in [6.45, 7) is 5.45. The van der Waals surface area contributed by atoms with Crippen LogP contribution in [0.4, 0.5) is 4.79 Å². The molecule has 2 bridgehead atoms. The Bertz CT molecular complexity index is 1370. The van der Waals surface area contributed by atoms with E-state index in [1.807, 2.05) is 68.9 Å². The Morgan fingerprint density at radius 2 is 1.95 bits per heavy atom. The van der Waals surface area contributed by atoms with Gasteiger partial charge < -0.3 is 14.6 Å². The summed E-state index contributed by atoms with van der Waals surface area (Å²) >= 11 is 0. The van der Waals surface area contributed by atoms with Crippen molar-refractivity contribution in [1.29, 1.82) is 5.26 Å². The molecule has 1 aromatic carbocycles. The normalized spacial score (nSPS) is 21.6. The lowest BCUT2D eigenvalue weighted by molar-refractivity contribution is -0.128. The summed E-state index contributed by atoms with van der Waals surface area (Å²) in [6.07, 6.45) is 6.06. The summed E-state index contributed by atoms with van der Waals surface area (Å²) in [5.74, 6) is -0.183. The fourth-order valence-electron chi connectivity index (χ4n) is 5.53.